The quantitative estimate of drug-likeness (QED) is 0.582. The van der Waals surface area contributed by atoms with Crippen molar-refractivity contribution in [1.82, 2.24) is 4.72 Å². The summed E-state index contributed by atoms with van der Waals surface area (Å²) < 4.78 is 23.4. The topological polar surface area (TPSA) is 66.4 Å². The lowest BCUT2D eigenvalue weighted by Crippen LogP contribution is -2.35. The lowest BCUT2D eigenvalue weighted by atomic mass is 10.3. The summed E-state index contributed by atoms with van der Waals surface area (Å²) in [7, 11) is -3.16. The van der Waals surface area contributed by atoms with Gasteiger partial charge in [-0.1, -0.05) is 6.92 Å². The number of hydrogen-bond donors (Lipinski definition) is 2. The van der Waals surface area contributed by atoms with Crippen LogP contribution in [0.1, 0.15) is 13.3 Å². The molecule has 0 heterocycles. The Morgan fingerprint density at radius 1 is 1.60 bits per heavy atom. The second-order valence-electron chi connectivity index (χ2n) is 2.18. The van der Waals surface area contributed by atoms with E-state index in [0.29, 0.717) is 6.42 Å². The minimum atomic E-state index is -3.16. The van der Waals surface area contributed by atoms with E-state index in [1.54, 1.807) is 6.92 Å². The molecule has 0 aromatic carbocycles. The van der Waals surface area contributed by atoms with E-state index in [0.717, 1.165) is 6.26 Å². The van der Waals surface area contributed by atoms with Crippen molar-refractivity contribution in [2.24, 2.45) is 0 Å². The van der Waals surface area contributed by atoms with Gasteiger partial charge in [0.2, 0.25) is 10.0 Å². The van der Waals surface area contributed by atoms with Gasteiger partial charge in [0.1, 0.15) is 0 Å². The predicted molar refractivity (Wildman–Crippen MR) is 39.1 cm³/mol. The molecule has 0 saturated heterocycles. The summed E-state index contributed by atoms with van der Waals surface area (Å²) in [4.78, 5) is 0. The summed E-state index contributed by atoms with van der Waals surface area (Å²) in [6, 6.07) is -0.338. The van der Waals surface area contributed by atoms with Crippen molar-refractivity contribution in [1.29, 1.82) is 0 Å². The molecule has 1 atom stereocenters. The van der Waals surface area contributed by atoms with Crippen LogP contribution in [0.15, 0.2) is 0 Å². The highest BCUT2D eigenvalue weighted by Gasteiger charge is 2.09. The van der Waals surface area contributed by atoms with E-state index in [4.69, 9.17) is 5.11 Å². The molecule has 0 fully saturated rings. The lowest BCUT2D eigenvalue weighted by Gasteiger charge is -2.10. The number of aliphatic hydroxyl groups excluding tert-OH is 1. The van der Waals surface area contributed by atoms with Crippen LogP contribution >= 0.6 is 0 Å². The Balaban J connectivity index is 3.87. The van der Waals surface area contributed by atoms with Crippen molar-refractivity contribution >= 4 is 10.0 Å². The summed E-state index contributed by atoms with van der Waals surface area (Å²) in [6.07, 6.45) is 1.68. The molecule has 0 aliphatic heterocycles. The van der Waals surface area contributed by atoms with Gasteiger partial charge < -0.3 is 5.11 Å². The summed E-state index contributed by atoms with van der Waals surface area (Å²) in [5.74, 6) is 0. The van der Waals surface area contributed by atoms with Crippen molar-refractivity contribution in [3.63, 3.8) is 0 Å². The third kappa shape index (κ3) is 4.72. The standard InChI is InChI=1S/C5H13NO3S/c1-3-5(4-7)6-10(2,8)9/h5-7H,3-4H2,1-2H3/t5-/m0/s1. The zero-order valence-corrected chi connectivity index (χ0v) is 6.98. The van der Waals surface area contributed by atoms with Gasteiger partial charge in [0.15, 0.2) is 0 Å². The maximum absolute atomic E-state index is 10.5. The fourth-order valence-electron chi connectivity index (χ4n) is 0.552. The van der Waals surface area contributed by atoms with E-state index in [1.807, 2.05) is 0 Å². The van der Waals surface area contributed by atoms with Crippen LogP contribution in [-0.4, -0.2) is 32.4 Å². The first-order chi connectivity index (χ1) is 4.49. The van der Waals surface area contributed by atoms with Crippen molar-refractivity contribution in [3.8, 4) is 0 Å². The van der Waals surface area contributed by atoms with Crippen molar-refractivity contribution in [2.75, 3.05) is 12.9 Å². The Morgan fingerprint density at radius 3 is 2.20 bits per heavy atom. The minimum Gasteiger partial charge on any atom is -0.395 e. The maximum Gasteiger partial charge on any atom is 0.209 e. The molecule has 0 aromatic heterocycles. The molecule has 0 aliphatic carbocycles. The van der Waals surface area contributed by atoms with Crippen LogP contribution in [-0.2, 0) is 10.0 Å². The van der Waals surface area contributed by atoms with Gasteiger partial charge >= 0.3 is 0 Å². The average molecular weight is 167 g/mol. The number of sulfonamides is 1. The van der Waals surface area contributed by atoms with Crippen LogP contribution in [0, 0.1) is 0 Å². The predicted octanol–water partition coefficient (Wildman–Crippen LogP) is -0.694. The first-order valence-electron chi connectivity index (χ1n) is 3.07. The molecule has 0 aromatic rings. The monoisotopic (exact) mass is 167 g/mol. The number of hydrogen-bond acceptors (Lipinski definition) is 3. The van der Waals surface area contributed by atoms with Gasteiger partial charge in [-0.25, -0.2) is 13.1 Å². The molecular formula is C5H13NO3S. The van der Waals surface area contributed by atoms with Crippen LogP contribution in [0.3, 0.4) is 0 Å². The molecule has 0 unspecified atom stereocenters. The van der Waals surface area contributed by atoms with E-state index in [9.17, 15) is 8.42 Å². The van der Waals surface area contributed by atoms with Gasteiger partial charge in [-0.15, -0.1) is 0 Å². The Bertz CT molecular complexity index is 171. The SMILES string of the molecule is CC[C@@H](CO)NS(C)(=O)=O. The van der Waals surface area contributed by atoms with Crippen LogP contribution in [0.5, 0.6) is 0 Å². The van der Waals surface area contributed by atoms with Crippen LogP contribution in [0.25, 0.3) is 0 Å². The van der Waals surface area contributed by atoms with E-state index in [-0.39, 0.29) is 12.6 Å². The summed E-state index contributed by atoms with van der Waals surface area (Å²) in [5.41, 5.74) is 0. The zero-order valence-electron chi connectivity index (χ0n) is 6.16. The first kappa shape index (κ1) is 9.87. The fourth-order valence-corrected chi connectivity index (χ4v) is 1.40. The Labute approximate surface area is 61.3 Å². The average Bonchev–Trinajstić information content (AvgIpc) is 1.81. The molecule has 0 rings (SSSR count). The Morgan fingerprint density at radius 2 is 2.10 bits per heavy atom. The largest absolute Gasteiger partial charge is 0.395 e. The Hall–Kier alpha value is -0.130. The fraction of sp³-hybridized carbons (Fsp3) is 1.00. The molecule has 0 bridgehead atoms. The third-order valence-electron chi connectivity index (χ3n) is 1.09. The van der Waals surface area contributed by atoms with Crippen molar-refractivity contribution < 1.29 is 13.5 Å². The van der Waals surface area contributed by atoms with E-state index < -0.39 is 10.0 Å². The van der Waals surface area contributed by atoms with Crippen molar-refractivity contribution in [3.05, 3.63) is 0 Å². The highest BCUT2D eigenvalue weighted by Crippen LogP contribution is 1.90. The van der Waals surface area contributed by atoms with Gasteiger partial charge in [-0.3, -0.25) is 0 Å². The van der Waals surface area contributed by atoms with Gasteiger partial charge in [0.05, 0.1) is 12.9 Å². The van der Waals surface area contributed by atoms with Gasteiger partial charge in [0.25, 0.3) is 0 Å². The zero-order chi connectivity index (χ0) is 8.20. The molecule has 0 amide bonds. The van der Waals surface area contributed by atoms with Gasteiger partial charge in [-0.2, -0.15) is 0 Å². The van der Waals surface area contributed by atoms with Crippen LogP contribution in [0.4, 0.5) is 0 Å². The number of nitrogens with one attached hydrogen (secondary N) is 1. The number of rotatable bonds is 4. The molecule has 0 saturated carbocycles. The first-order valence-corrected chi connectivity index (χ1v) is 4.97. The van der Waals surface area contributed by atoms with E-state index in [1.165, 1.54) is 0 Å². The van der Waals surface area contributed by atoms with Crippen molar-refractivity contribution in [2.45, 2.75) is 19.4 Å². The maximum atomic E-state index is 10.5. The highest BCUT2D eigenvalue weighted by molar-refractivity contribution is 7.88. The number of aliphatic hydroxyl groups is 1. The second-order valence-corrected chi connectivity index (χ2v) is 3.96. The van der Waals surface area contributed by atoms with Crippen LogP contribution < -0.4 is 4.72 Å². The summed E-state index contributed by atoms with van der Waals surface area (Å²) >= 11 is 0. The van der Waals surface area contributed by atoms with Gasteiger partial charge in [0, 0.05) is 6.04 Å². The molecule has 10 heavy (non-hydrogen) atoms. The molecule has 0 radical (unpaired) electrons. The Kier molecular flexibility index (Phi) is 3.85. The van der Waals surface area contributed by atoms with Crippen LogP contribution in [0.2, 0.25) is 0 Å². The third-order valence-corrected chi connectivity index (χ3v) is 1.86. The molecule has 0 spiro atoms. The lowest BCUT2D eigenvalue weighted by molar-refractivity contribution is 0.254. The normalized spacial score (nSPS) is 15.1. The van der Waals surface area contributed by atoms with E-state index >= 15 is 0 Å². The molecule has 5 heteroatoms. The van der Waals surface area contributed by atoms with Gasteiger partial charge in [-0.05, 0) is 6.42 Å². The highest BCUT2D eigenvalue weighted by atomic mass is 32.2. The second kappa shape index (κ2) is 3.90. The molecule has 62 valence electrons. The summed E-state index contributed by atoms with van der Waals surface area (Å²) in [5, 5.41) is 8.56. The molecule has 2 N–H and O–H groups in total. The minimum absolute atomic E-state index is 0.149. The summed E-state index contributed by atoms with van der Waals surface area (Å²) in [6.45, 7) is 1.66. The smallest absolute Gasteiger partial charge is 0.209 e. The van der Waals surface area contributed by atoms with E-state index in [2.05, 4.69) is 4.72 Å². The molecule has 4 nitrogen and oxygen atoms in total. The molecular weight excluding hydrogens is 154 g/mol. The molecule has 0 aliphatic rings.